The highest BCUT2D eigenvalue weighted by atomic mass is 19.1. The Balaban J connectivity index is 1.35. The number of benzene rings is 1. The molecule has 1 aromatic carbocycles. The Hall–Kier alpha value is -3.42. The number of piperidine rings is 1. The monoisotopic (exact) mass is 395 g/mol. The van der Waals surface area contributed by atoms with Crippen LogP contribution in [0.15, 0.2) is 54.9 Å². The first-order chi connectivity index (χ1) is 14.1. The molecule has 29 heavy (non-hydrogen) atoms. The molecule has 1 amide bonds. The van der Waals surface area contributed by atoms with E-state index in [9.17, 15) is 13.6 Å². The molecule has 2 aromatic heterocycles. The maximum atomic E-state index is 13.7. The van der Waals surface area contributed by atoms with Crippen LogP contribution in [0.3, 0.4) is 0 Å². The third-order valence-corrected chi connectivity index (χ3v) is 5.00. The number of aromatic nitrogens is 3. The van der Waals surface area contributed by atoms with Gasteiger partial charge in [0, 0.05) is 43.0 Å². The van der Waals surface area contributed by atoms with Crippen LogP contribution in [0, 0.1) is 17.6 Å². The van der Waals surface area contributed by atoms with Crippen molar-refractivity contribution in [2.45, 2.75) is 12.8 Å². The number of carbonyl (C=O) groups excluding carboxylic acids is 1. The third kappa shape index (κ3) is 4.37. The van der Waals surface area contributed by atoms with Crippen molar-refractivity contribution in [3.05, 3.63) is 66.5 Å². The molecular weight excluding hydrogens is 376 g/mol. The standard InChI is InChI=1S/C21H19F2N5O/c22-16-1-2-17(23)19(13-16)25-21(29)15-7-11-28(12-8-15)20-4-3-18(26-27-20)14-5-9-24-10-6-14/h1-6,9-10,13,15H,7-8,11-12H2,(H,25,29). The van der Waals surface area contributed by atoms with E-state index in [-0.39, 0.29) is 17.5 Å². The number of amides is 1. The van der Waals surface area contributed by atoms with Gasteiger partial charge in [-0.1, -0.05) is 0 Å². The first-order valence-electron chi connectivity index (χ1n) is 9.35. The van der Waals surface area contributed by atoms with E-state index in [1.807, 2.05) is 24.3 Å². The van der Waals surface area contributed by atoms with Crippen molar-refractivity contribution in [3.63, 3.8) is 0 Å². The molecule has 1 N–H and O–H groups in total. The predicted octanol–water partition coefficient (Wildman–Crippen LogP) is 3.67. The molecule has 0 spiro atoms. The number of nitrogens with one attached hydrogen (secondary N) is 1. The smallest absolute Gasteiger partial charge is 0.227 e. The maximum absolute atomic E-state index is 13.7. The van der Waals surface area contributed by atoms with Gasteiger partial charge in [0.25, 0.3) is 0 Å². The molecule has 0 atom stereocenters. The zero-order valence-electron chi connectivity index (χ0n) is 15.6. The second-order valence-corrected chi connectivity index (χ2v) is 6.89. The fourth-order valence-corrected chi connectivity index (χ4v) is 3.37. The molecule has 8 heteroatoms. The number of hydrogen-bond donors (Lipinski definition) is 1. The average Bonchev–Trinajstić information content (AvgIpc) is 2.77. The molecule has 1 aliphatic rings. The minimum absolute atomic E-state index is 0.130. The van der Waals surface area contributed by atoms with Gasteiger partial charge < -0.3 is 10.2 Å². The lowest BCUT2D eigenvalue weighted by Crippen LogP contribution is -2.38. The molecular formula is C21H19F2N5O. The Morgan fingerprint density at radius 3 is 2.45 bits per heavy atom. The Bertz CT molecular complexity index is 990. The minimum Gasteiger partial charge on any atom is -0.355 e. The van der Waals surface area contributed by atoms with Crippen LogP contribution in [0.25, 0.3) is 11.3 Å². The number of hydrogen-bond acceptors (Lipinski definition) is 5. The molecule has 0 bridgehead atoms. The van der Waals surface area contributed by atoms with E-state index in [0.29, 0.717) is 25.9 Å². The van der Waals surface area contributed by atoms with Gasteiger partial charge in [-0.05, 0) is 49.2 Å². The van der Waals surface area contributed by atoms with Crippen molar-refractivity contribution in [3.8, 4) is 11.3 Å². The van der Waals surface area contributed by atoms with Crippen LogP contribution in [0.5, 0.6) is 0 Å². The summed E-state index contributed by atoms with van der Waals surface area (Å²) in [5.74, 6) is -1.06. The van der Waals surface area contributed by atoms with Crippen LogP contribution in [-0.2, 0) is 4.79 Å². The van der Waals surface area contributed by atoms with Crippen LogP contribution in [0.2, 0.25) is 0 Å². The number of halogens is 2. The van der Waals surface area contributed by atoms with E-state index in [0.717, 1.165) is 35.3 Å². The summed E-state index contributed by atoms with van der Waals surface area (Å²) in [6.07, 6.45) is 4.60. The summed E-state index contributed by atoms with van der Waals surface area (Å²) < 4.78 is 27.0. The van der Waals surface area contributed by atoms with E-state index in [1.54, 1.807) is 12.4 Å². The van der Waals surface area contributed by atoms with Crippen molar-refractivity contribution < 1.29 is 13.6 Å². The lowest BCUT2D eigenvalue weighted by atomic mass is 9.95. The van der Waals surface area contributed by atoms with Gasteiger partial charge in [0.1, 0.15) is 11.6 Å². The molecule has 0 saturated carbocycles. The zero-order valence-corrected chi connectivity index (χ0v) is 15.6. The van der Waals surface area contributed by atoms with Crippen LogP contribution in [0.1, 0.15) is 12.8 Å². The van der Waals surface area contributed by atoms with Gasteiger partial charge >= 0.3 is 0 Å². The Morgan fingerprint density at radius 2 is 1.76 bits per heavy atom. The van der Waals surface area contributed by atoms with E-state index in [1.165, 1.54) is 0 Å². The largest absolute Gasteiger partial charge is 0.355 e. The van der Waals surface area contributed by atoms with E-state index >= 15 is 0 Å². The van der Waals surface area contributed by atoms with Crippen molar-refractivity contribution in [1.82, 2.24) is 15.2 Å². The SMILES string of the molecule is O=C(Nc1cc(F)ccc1F)C1CCN(c2ccc(-c3ccncc3)nn2)CC1. The highest BCUT2D eigenvalue weighted by Crippen LogP contribution is 2.25. The molecule has 0 aliphatic carbocycles. The van der Waals surface area contributed by atoms with Gasteiger partial charge in [-0.2, -0.15) is 0 Å². The third-order valence-electron chi connectivity index (χ3n) is 5.00. The first kappa shape index (κ1) is 18.9. The molecule has 0 radical (unpaired) electrons. The summed E-state index contributed by atoms with van der Waals surface area (Å²) in [5.41, 5.74) is 1.58. The Morgan fingerprint density at radius 1 is 1.00 bits per heavy atom. The van der Waals surface area contributed by atoms with Crippen molar-refractivity contribution >= 4 is 17.4 Å². The molecule has 4 rings (SSSR count). The lowest BCUT2D eigenvalue weighted by molar-refractivity contribution is -0.120. The van der Waals surface area contributed by atoms with E-state index in [2.05, 4.69) is 25.4 Å². The summed E-state index contributed by atoms with van der Waals surface area (Å²) in [6, 6.07) is 10.6. The highest BCUT2D eigenvalue weighted by Gasteiger charge is 2.26. The van der Waals surface area contributed by atoms with Crippen molar-refractivity contribution in [1.29, 1.82) is 0 Å². The molecule has 3 heterocycles. The molecule has 1 fully saturated rings. The summed E-state index contributed by atoms with van der Waals surface area (Å²) in [6.45, 7) is 1.26. The van der Waals surface area contributed by atoms with Crippen LogP contribution < -0.4 is 10.2 Å². The van der Waals surface area contributed by atoms with Crippen molar-refractivity contribution in [2.24, 2.45) is 5.92 Å². The Labute approximate surface area is 166 Å². The number of anilines is 2. The van der Waals surface area contributed by atoms with Gasteiger partial charge in [-0.25, -0.2) is 8.78 Å². The molecule has 3 aromatic rings. The van der Waals surface area contributed by atoms with Crippen LogP contribution in [0.4, 0.5) is 20.3 Å². The molecule has 6 nitrogen and oxygen atoms in total. The fraction of sp³-hybridized carbons (Fsp3) is 0.238. The molecule has 1 saturated heterocycles. The summed E-state index contributed by atoms with van der Waals surface area (Å²) >= 11 is 0. The van der Waals surface area contributed by atoms with Gasteiger partial charge in [0.05, 0.1) is 11.4 Å². The van der Waals surface area contributed by atoms with E-state index in [4.69, 9.17) is 0 Å². The van der Waals surface area contributed by atoms with Gasteiger partial charge in [-0.3, -0.25) is 9.78 Å². The van der Waals surface area contributed by atoms with Crippen molar-refractivity contribution in [2.75, 3.05) is 23.3 Å². The molecule has 1 aliphatic heterocycles. The van der Waals surface area contributed by atoms with Crippen LogP contribution >= 0.6 is 0 Å². The molecule has 148 valence electrons. The number of carbonyl (C=O) groups is 1. The quantitative estimate of drug-likeness (QED) is 0.730. The topological polar surface area (TPSA) is 71.0 Å². The summed E-state index contributed by atoms with van der Waals surface area (Å²) in [7, 11) is 0. The average molecular weight is 395 g/mol. The summed E-state index contributed by atoms with van der Waals surface area (Å²) in [4.78, 5) is 18.5. The summed E-state index contributed by atoms with van der Waals surface area (Å²) in [5, 5.41) is 11.1. The lowest BCUT2D eigenvalue weighted by Gasteiger charge is -2.31. The number of rotatable bonds is 4. The van der Waals surface area contributed by atoms with Crippen LogP contribution in [-0.4, -0.2) is 34.2 Å². The minimum atomic E-state index is -0.651. The highest BCUT2D eigenvalue weighted by molar-refractivity contribution is 5.92. The number of nitrogens with zero attached hydrogens (tertiary/aromatic N) is 4. The van der Waals surface area contributed by atoms with E-state index < -0.39 is 11.6 Å². The van der Waals surface area contributed by atoms with Gasteiger partial charge in [-0.15, -0.1) is 10.2 Å². The first-order valence-corrected chi connectivity index (χ1v) is 9.35. The fourth-order valence-electron chi connectivity index (χ4n) is 3.37. The van der Waals surface area contributed by atoms with Gasteiger partial charge in [0.15, 0.2) is 5.82 Å². The maximum Gasteiger partial charge on any atom is 0.227 e. The zero-order chi connectivity index (χ0) is 20.2. The van der Waals surface area contributed by atoms with Gasteiger partial charge in [0.2, 0.25) is 5.91 Å². The second-order valence-electron chi connectivity index (χ2n) is 6.89. The number of pyridine rings is 1. The Kier molecular flexibility index (Phi) is 5.41. The molecule has 0 unspecified atom stereocenters. The predicted molar refractivity (Wildman–Crippen MR) is 105 cm³/mol. The normalized spacial score (nSPS) is 14.6. The second kappa shape index (κ2) is 8.30.